The molecule has 2 rings (SSSR count). The molecule has 0 spiro atoms. The number of likely N-dealkylation sites (tertiary alicyclic amines) is 1. The fourth-order valence-corrected chi connectivity index (χ4v) is 2.54. The molecule has 0 aromatic carbocycles. The average molecular weight is 210 g/mol. The molecule has 1 unspecified atom stereocenters. The van der Waals surface area contributed by atoms with Gasteiger partial charge in [0.15, 0.2) is 0 Å². The van der Waals surface area contributed by atoms with Gasteiger partial charge in [0.2, 0.25) is 5.96 Å². The lowest BCUT2D eigenvalue weighted by Crippen LogP contribution is -2.44. The number of nitrogens with two attached hydrogens (primary N) is 1. The van der Waals surface area contributed by atoms with Gasteiger partial charge in [-0.2, -0.15) is 0 Å². The van der Waals surface area contributed by atoms with Crippen molar-refractivity contribution >= 4 is 5.96 Å². The summed E-state index contributed by atoms with van der Waals surface area (Å²) in [5.41, 5.74) is 2.77. The van der Waals surface area contributed by atoms with Crippen molar-refractivity contribution in [3.05, 3.63) is 0 Å². The second kappa shape index (κ2) is 4.84. The molecule has 2 aliphatic rings. The molecule has 0 aromatic rings. The second-order valence-corrected chi connectivity index (χ2v) is 4.88. The highest BCUT2D eigenvalue weighted by Crippen LogP contribution is 2.22. The van der Waals surface area contributed by atoms with E-state index in [4.69, 9.17) is 10.8 Å². The van der Waals surface area contributed by atoms with Crippen LogP contribution in [0.5, 0.6) is 0 Å². The summed E-state index contributed by atoms with van der Waals surface area (Å²) in [6.07, 6.45) is 6.36. The van der Waals surface area contributed by atoms with E-state index in [1.54, 1.807) is 0 Å². The molecule has 2 fully saturated rings. The third-order valence-corrected chi connectivity index (χ3v) is 3.48. The fraction of sp³-hybridized carbons (Fsp3) is 0.909. The monoisotopic (exact) mass is 210 g/mol. The summed E-state index contributed by atoms with van der Waals surface area (Å²) in [5, 5.41) is 0. The lowest BCUT2D eigenvalue weighted by atomic mass is 10.2. The van der Waals surface area contributed by atoms with Crippen LogP contribution in [0.4, 0.5) is 0 Å². The van der Waals surface area contributed by atoms with Gasteiger partial charge in [0, 0.05) is 13.1 Å². The van der Waals surface area contributed by atoms with Crippen molar-refractivity contribution in [2.45, 2.75) is 45.1 Å². The molecular weight excluding hydrogens is 188 g/mol. The van der Waals surface area contributed by atoms with Gasteiger partial charge in [-0.15, -0.1) is 0 Å². The van der Waals surface area contributed by atoms with Gasteiger partial charge in [-0.3, -0.25) is 5.43 Å². The highest BCUT2D eigenvalue weighted by atomic mass is 15.4. The van der Waals surface area contributed by atoms with E-state index in [2.05, 4.69) is 17.2 Å². The summed E-state index contributed by atoms with van der Waals surface area (Å²) in [7, 11) is 0. The molecule has 1 saturated carbocycles. The molecule has 0 bridgehead atoms. The van der Waals surface area contributed by atoms with Crippen LogP contribution in [-0.2, 0) is 0 Å². The molecule has 1 aliphatic carbocycles. The number of nitrogens with one attached hydrogen (secondary N) is 1. The number of guanidine groups is 1. The second-order valence-electron chi connectivity index (χ2n) is 4.88. The van der Waals surface area contributed by atoms with Crippen LogP contribution >= 0.6 is 0 Å². The first-order valence-electron chi connectivity index (χ1n) is 6.09. The third kappa shape index (κ3) is 2.62. The highest BCUT2D eigenvalue weighted by molar-refractivity contribution is 5.79. The molecule has 0 radical (unpaired) electrons. The topological polar surface area (TPSA) is 53.6 Å². The minimum atomic E-state index is 0.506. The predicted octanol–water partition coefficient (Wildman–Crippen LogP) is 1.09. The van der Waals surface area contributed by atoms with Crippen molar-refractivity contribution < 1.29 is 0 Å². The molecule has 1 aliphatic heterocycles. The molecule has 0 amide bonds. The minimum absolute atomic E-state index is 0.506. The highest BCUT2D eigenvalue weighted by Gasteiger charge is 2.23. The van der Waals surface area contributed by atoms with Crippen LogP contribution in [0.1, 0.15) is 39.0 Å². The Morgan fingerprint density at radius 2 is 2.07 bits per heavy atom. The summed E-state index contributed by atoms with van der Waals surface area (Å²) in [6.45, 7) is 4.47. The van der Waals surface area contributed by atoms with Gasteiger partial charge >= 0.3 is 0 Å². The molecule has 4 nitrogen and oxygen atoms in total. The Kier molecular flexibility index (Phi) is 3.46. The zero-order chi connectivity index (χ0) is 10.7. The summed E-state index contributed by atoms with van der Waals surface area (Å²) in [4.78, 5) is 7.00. The first kappa shape index (κ1) is 10.7. The van der Waals surface area contributed by atoms with Crippen LogP contribution in [0.25, 0.3) is 0 Å². The van der Waals surface area contributed by atoms with Crippen LogP contribution < -0.4 is 11.3 Å². The van der Waals surface area contributed by atoms with E-state index in [0.717, 1.165) is 25.0 Å². The van der Waals surface area contributed by atoms with Gasteiger partial charge in [-0.25, -0.2) is 10.8 Å². The molecule has 4 heteroatoms. The lowest BCUT2D eigenvalue weighted by molar-refractivity contribution is 0.467. The Hall–Kier alpha value is -0.770. The van der Waals surface area contributed by atoms with Gasteiger partial charge in [0.25, 0.3) is 0 Å². The Morgan fingerprint density at radius 1 is 1.33 bits per heavy atom. The van der Waals surface area contributed by atoms with E-state index >= 15 is 0 Å². The standard InChI is InChI=1S/C11H22N4/c1-9-6-7-15(8-9)11(14-12)13-10-4-2-3-5-10/h9-10H,2-8,12H2,1H3,(H,13,14). The normalized spacial score (nSPS) is 28.8. The summed E-state index contributed by atoms with van der Waals surface area (Å²) < 4.78 is 0. The average Bonchev–Trinajstić information content (AvgIpc) is 2.85. The van der Waals surface area contributed by atoms with Crippen molar-refractivity contribution in [1.29, 1.82) is 0 Å². The van der Waals surface area contributed by atoms with Crippen LogP contribution in [0.3, 0.4) is 0 Å². The zero-order valence-corrected chi connectivity index (χ0v) is 9.58. The largest absolute Gasteiger partial charge is 0.342 e. The maximum Gasteiger partial charge on any atom is 0.208 e. The van der Waals surface area contributed by atoms with E-state index in [1.165, 1.54) is 32.1 Å². The molecule has 0 aromatic heterocycles. The number of rotatable bonds is 1. The number of aliphatic imine (C=N–C) groups is 1. The van der Waals surface area contributed by atoms with E-state index < -0.39 is 0 Å². The maximum atomic E-state index is 5.55. The summed E-state index contributed by atoms with van der Waals surface area (Å²) in [6, 6.07) is 0.506. The van der Waals surface area contributed by atoms with E-state index in [1.807, 2.05) is 0 Å². The smallest absolute Gasteiger partial charge is 0.208 e. The molecule has 3 N–H and O–H groups in total. The Bertz CT molecular complexity index is 233. The zero-order valence-electron chi connectivity index (χ0n) is 9.58. The maximum absolute atomic E-state index is 5.55. The van der Waals surface area contributed by atoms with Crippen LogP contribution in [0, 0.1) is 5.92 Å². The SMILES string of the molecule is CC1CCN(C(=NC2CCCC2)NN)C1. The first-order valence-corrected chi connectivity index (χ1v) is 6.09. The van der Waals surface area contributed by atoms with Crippen molar-refractivity contribution in [2.24, 2.45) is 16.8 Å². The van der Waals surface area contributed by atoms with Crippen LogP contribution in [0.2, 0.25) is 0 Å². The molecule has 86 valence electrons. The van der Waals surface area contributed by atoms with Crippen molar-refractivity contribution in [3.8, 4) is 0 Å². The molecular formula is C11H22N4. The van der Waals surface area contributed by atoms with Crippen molar-refractivity contribution in [3.63, 3.8) is 0 Å². The van der Waals surface area contributed by atoms with E-state index in [-0.39, 0.29) is 0 Å². The Morgan fingerprint density at radius 3 is 2.60 bits per heavy atom. The van der Waals surface area contributed by atoms with Gasteiger partial charge in [-0.1, -0.05) is 19.8 Å². The molecule has 15 heavy (non-hydrogen) atoms. The molecule has 1 atom stereocenters. The molecule has 1 saturated heterocycles. The number of hydrogen-bond acceptors (Lipinski definition) is 2. The quantitative estimate of drug-likeness (QED) is 0.295. The number of hydrogen-bond donors (Lipinski definition) is 2. The summed E-state index contributed by atoms with van der Waals surface area (Å²) in [5.74, 6) is 7.23. The first-order chi connectivity index (χ1) is 7.29. The minimum Gasteiger partial charge on any atom is -0.342 e. The Labute approximate surface area is 91.9 Å². The lowest BCUT2D eigenvalue weighted by Gasteiger charge is -2.21. The number of hydrazine groups is 1. The van der Waals surface area contributed by atoms with Crippen LogP contribution in [0.15, 0.2) is 4.99 Å². The Balaban J connectivity index is 1.96. The third-order valence-electron chi connectivity index (χ3n) is 3.48. The van der Waals surface area contributed by atoms with Gasteiger partial charge in [0.1, 0.15) is 0 Å². The van der Waals surface area contributed by atoms with E-state index in [0.29, 0.717) is 6.04 Å². The predicted molar refractivity (Wildman–Crippen MR) is 62.4 cm³/mol. The molecule has 1 heterocycles. The summed E-state index contributed by atoms with van der Waals surface area (Å²) >= 11 is 0. The van der Waals surface area contributed by atoms with Gasteiger partial charge in [0.05, 0.1) is 6.04 Å². The van der Waals surface area contributed by atoms with Crippen LogP contribution in [-0.4, -0.2) is 30.0 Å². The van der Waals surface area contributed by atoms with E-state index in [9.17, 15) is 0 Å². The fourth-order valence-electron chi connectivity index (χ4n) is 2.54. The van der Waals surface area contributed by atoms with Crippen molar-refractivity contribution in [1.82, 2.24) is 10.3 Å². The number of nitrogens with zero attached hydrogens (tertiary/aromatic N) is 2. The van der Waals surface area contributed by atoms with Gasteiger partial charge in [-0.05, 0) is 25.2 Å². The van der Waals surface area contributed by atoms with Crippen molar-refractivity contribution in [2.75, 3.05) is 13.1 Å². The van der Waals surface area contributed by atoms with Gasteiger partial charge < -0.3 is 4.90 Å².